The van der Waals surface area contributed by atoms with E-state index in [-0.39, 0.29) is 5.91 Å². The molecular formula is C17H17BrN2OS. The average molecular weight is 377 g/mol. The molecule has 0 aliphatic heterocycles. The van der Waals surface area contributed by atoms with E-state index < -0.39 is 0 Å². The Kier molecular flexibility index (Phi) is 6.68. The molecule has 0 bridgehead atoms. The zero-order chi connectivity index (χ0) is 15.8. The van der Waals surface area contributed by atoms with Crippen molar-refractivity contribution in [2.45, 2.75) is 12.7 Å². The molecule has 1 N–H and O–H groups in total. The summed E-state index contributed by atoms with van der Waals surface area (Å²) in [5.74, 6) is 1.12. The first-order valence-electron chi connectivity index (χ1n) is 6.85. The average Bonchev–Trinajstić information content (AvgIpc) is 2.51. The lowest BCUT2D eigenvalue weighted by Gasteiger charge is -2.04. The first-order chi connectivity index (χ1) is 10.7. The molecule has 2 aromatic carbocycles. The van der Waals surface area contributed by atoms with Gasteiger partial charge in [0.25, 0.3) is 0 Å². The van der Waals surface area contributed by atoms with E-state index in [4.69, 9.17) is 0 Å². The zero-order valence-corrected chi connectivity index (χ0v) is 14.7. The Labute approximate surface area is 143 Å². The van der Waals surface area contributed by atoms with Gasteiger partial charge in [0.1, 0.15) is 0 Å². The van der Waals surface area contributed by atoms with Crippen molar-refractivity contribution in [3.8, 4) is 0 Å². The highest BCUT2D eigenvalue weighted by molar-refractivity contribution is 9.10. The molecule has 2 aromatic rings. The fourth-order valence-electron chi connectivity index (χ4n) is 1.81. The van der Waals surface area contributed by atoms with Crippen LogP contribution in [-0.2, 0) is 10.5 Å². The van der Waals surface area contributed by atoms with Gasteiger partial charge in [-0.25, -0.2) is 5.43 Å². The summed E-state index contributed by atoms with van der Waals surface area (Å²) in [5.41, 5.74) is 5.99. The molecule has 114 valence electrons. The van der Waals surface area contributed by atoms with Gasteiger partial charge < -0.3 is 0 Å². The van der Waals surface area contributed by atoms with Crippen LogP contribution in [0.2, 0.25) is 0 Å². The van der Waals surface area contributed by atoms with Crippen LogP contribution in [0, 0.1) is 6.92 Å². The largest absolute Gasteiger partial charge is 0.272 e. The molecule has 0 aliphatic carbocycles. The molecule has 0 saturated carbocycles. The van der Waals surface area contributed by atoms with Gasteiger partial charge in [0.15, 0.2) is 0 Å². The van der Waals surface area contributed by atoms with Gasteiger partial charge in [-0.1, -0.05) is 58.4 Å². The first-order valence-corrected chi connectivity index (χ1v) is 8.80. The molecule has 0 spiro atoms. The SMILES string of the molecule is Cc1ccccc1CSCC(=O)N/N=C/c1ccccc1Br. The zero-order valence-electron chi connectivity index (χ0n) is 12.3. The molecule has 0 atom stereocenters. The predicted molar refractivity (Wildman–Crippen MR) is 97.2 cm³/mol. The van der Waals surface area contributed by atoms with Gasteiger partial charge in [-0.05, 0) is 24.1 Å². The summed E-state index contributed by atoms with van der Waals surface area (Å²) >= 11 is 5.01. The van der Waals surface area contributed by atoms with Gasteiger partial charge in [-0.3, -0.25) is 4.79 Å². The molecule has 0 aliphatic rings. The minimum absolute atomic E-state index is 0.0955. The smallest absolute Gasteiger partial charge is 0.250 e. The van der Waals surface area contributed by atoms with Crippen LogP contribution in [0.4, 0.5) is 0 Å². The van der Waals surface area contributed by atoms with Crippen LogP contribution in [0.25, 0.3) is 0 Å². The summed E-state index contributed by atoms with van der Waals surface area (Å²) in [6, 6.07) is 15.9. The highest BCUT2D eigenvalue weighted by Gasteiger charge is 2.02. The van der Waals surface area contributed by atoms with Gasteiger partial charge in [-0.2, -0.15) is 5.10 Å². The van der Waals surface area contributed by atoms with Gasteiger partial charge in [0, 0.05) is 15.8 Å². The van der Waals surface area contributed by atoms with Crippen molar-refractivity contribution in [2.24, 2.45) is 5.10 Å². The normalized spacial score (nSPS) is 10.8. The monoisotopic (exact) mass is 376 g/mol. The number of halogens is 1. The van der Waals surface area contributed by atoms with Crippen LogP contribution in [0.3, 0.4) is 0 Å². The number of carbonyl (C=O) groups excluding carboxylic acids is 1. The summed E-state index contributed by atoms with van der Waals surface area (Å²) in [4.78, 5) is 11.7. The second-order valence-electron chi connectivity index (χ2n) is 4.73. The molecule has 22 heavy (non-hydrogen) atoms. The Morgan fingerprint density at radius 2 is 1.95 bits per heavy atom. The molecule has 0 aromatic heterocycles. The van der Waals surface area contributed by atoms with Crippen molar-refractivity contribution in [3.63, 3.8) is 0 Å². The summed E-state index contributed by atoms with van der Waals surface area (Å²) < 4.78 is 0.946. The molecule has 0 unspecified atom stereocenters. The summed E-state index contributed by atoms with van der Waals surface area (Å²) in [6.07, 6.45) is 1.63. The van der Waals surface area contributed by atoms with Crippen molar-refractivity contribution in [1.82, 2.24) is 5.43 Å². The van der Waals surface area contributed by atoms with Crippen molar-refractivity contribution in [2.75, 3.05) is 5.75 Å². The molecule has 1 amide bonds. The lowest BCUT2D eigenvalue weighted by atomic mass is 10.1. The maximum absolute atomic E-state index is 11.7. The molecule has 2 rings (SSSR count). The van der Waals surface area contributed by atoms with Crippen LogP contribution in [0.5, 0.6) is 0 Å². The Bertz CT molecular complexity index is 673. The fourth-order valence-corrected chi connectivity index (χ4v) is 3.09. The Morgan fingerprint density at radius 3 is 2.73 bits per heavy atom. The maximum atomic E-state index is 11.7. The fraction of sp³-hybridized carbons (Fsp3) is 0.176. The van der Waals surface area contributed by atoms with E-state index in [0.717, 1.165) is 15.8 Å². The van der Waals surface area contributed by atoms with Crippen LogP contribution in [0.1, 0.15) is 16.7 Å². The second-order valence-corrected chi connectivity index (χ2v) is 6.57. The van der Waals surface area contributed by atoms with E-state index in [1.54, 1.807) is 18.0 Å². The van der Waals surface area contributed by atoms with Gasteiger partial charge in [0.2, 0.25) is 5.91 Å². The number of nitrogens with zero attached hydrogens (tertiary/aromatic N) is 1. The lowest BCUT2D eigenvalue weighted by molar-refractivity contribution is -0.118. The number of aryl methyl sites for hydroxylation is 1. The minimum atomic E-state index is -0.0955. The van der Waals surface area contributed by atoms with Crippen LogP contribution in [-0.4, -0.2) is 17.9 Å². The predicted octanol–water partition coefficient (Wildman–Crippen LogP) is 4.14. The molecular weight excluding hydrogens is 360 g/mol. The third kappa shape index (κ3) is 5.31. The topological polar surface area (TPSA) is 41.5 Å². The minimum Gasteiger partial charge on any atom is -0.272 e. The van der Waals surface area contributed by atoms with Gasteiger partial charge in [0.05, 0.1) is 12.0 Å². The van der Waals surface area contributed by atoms with Crippen LogP contribution >= 0.6 is 27.7 Å². The maximum Gasteiger partial charge on any atom is 0.250 e. The highest BCUT2D eigenvalue weighted by Crippen LogP contribution is 2.15. The van der Waals surface area contributed by atoms with E-state index in [2.05, 4.69) is 45.5 Å². The lowest BCUT2D eigenvalue weighted by Crippen LogP contribution is -2.19. The molecule has 5 heteroatoms. The van der Waals surface area contributed by atoms with Crippen molar-refractivity contribution >= 4 is 39.8 Å². The number of carbonyl (C=O) groups is 1. The summed E-state index contributed by atoms with van der Waals surface area (Å²) in [5, 5.41) is 3.98. The Balaban J connectivity index is 1.75. The Morgan fingerprint density at radius 1 is 1.23 bits per heavy atom. The van der Waals surface area contributed by atoms with E-state index in [1.165, 1.54) is 11.1 Å². The number of thioether (sulfide) groups is 1. The van der Waals surface area contributed by atoms with Gasteiger partial charge in [-0.15, -0.1) is 11.8 Å². The number of hydrazone groups is 1. The summed E-state index contributed by atoms with van der Waals surface area (Å²) in [6.45, 7) is 2.08. The number of hydrogen-bond donors (Lipinski definition) is 1. The third-order valence-electron chi connectivity index (χ3n) is 3.05. The second kappa shape index (κ2) is 8.76. The molecule has 0 fully saturated rings. The van der Waals surface area contributed by atoms with Crippen LogP contribution < -0.4 is 5.43 Å². The first kappa shape index (κ1) is 16.8. The van der Waals surface area contributed by atoms with E-state index >= 15 is 0 Å². The van der Waals surface area contributed by atoms with Crippen LogP contribution in [0.15, 0.2) is 58.1 Å². The van der Waals surface area contributed by atoms with Crippen molar-refractivity contribution < 1.29 is 4.79 Å². The number of nitrogens with one attached hydrogen (secondary N) is 1. The van der Waals surface area contributed by atoms with E-state index in [0.29, 0.717) is 5.75 Å². The number of benzene rings is 2. The third-order valence-corrected chi connectivity index (χ3v) is 4.75. The van der Waals surface area contributed by atoms with Gasteiger partial charge >= 0.3 is 0 Å². The Hall–Kier alpha value is -1.59. The molecule has 3 nitrogen and oxygen atoms in total. The van der Waals surface area contributed by atoms with Crippen molar-refractivity contribution in [3.05, 3.63) is 69.7 Å². The molecule has 0 heterocycles. The van der Waals surface area contributed by atoms with E-state index in [1.807, 2.05) is 36.4 Å². The highest BCUT2D eigenvalue weighted by atomic mass is 79.9. The summed E-state index contributed by atoms with van der Waals surface area (Å²) in [7, 11) is 0. The van der Waals surface area contributed by atoms with Crippen molar-refractivity contribution in [1.29, 1.82) is 0 Å². The molecule has 0 saturated heterocycles. The number of hydrogen-bond acceptors (Lipinski definition) is 3. The molecule has 0 radical (unpaired) electrons. The number of rotatable bonds is 6. The van der Waals surface area contributed by atoms with E-state index in [9.17, 15) is 4.79 Å². The standard InChI is InChI=1S/C17H17BrN2OS/c1-13-6-2-3-8-15(13)11-22-12-17(21)20-19-10-14-7-4-5-9-16(14)18/h2-10H,11-12H2,1H3,(H,20,21)/b19-10+. The number of amides is 1. The quantitative estimate of drug-likeness (QED) is 0.607.